The Morgan fingerprint density at radius 1 is 1.28 bits per heavy atom. The van der Waals surface area contributed by atoms with Gasteiger partial charge in [0, 0.05) is 37.2 Å². The number of hydrogen-bond donors (Lipinski definition) is 2. The van der Waals surface area contributed by atoms with Crippen molar-refractivity contribution in [2.75, 3.05) is 14.2 Å². The average molecular weight is 359 g/mol. The van der Waals surface area contributed by atoms with Crippen molar-refractivity contribution in [3.8, 4) is 0 Å². The van der Waals surface area contributed by atoms with Crippen molar-refractivity contribution in [3.05, 3.63) is 57.8 Å². The quantitative estimate of drug-likeness (QED) is 0.833. The molecule has 1 saturated heterocycles. The van der Waals surface area contributed by atoms with E-state index in [-0.39, 0.29) is 24.0 Å². The number of hydrazine groups is 1. The van der Waals surface area contributed by atoms with Gasteiger partial charge in [-0.2, -0.15) is 0 Å². The number of carbonyl (C=O) groups is 1. The highest BCUT2D eigenvalue weighted by atomic mass is 32.1. The lowest BCUT2D eigenvalue weighted by atomic mass is 9.98. The molecule has 2 heterocycles. The molecule has 0 radical (unpaired) electrons. The fourth-order valence-corrected chi connectivity index (χ4v) is 4.11. The van der Waals surface area contributed by atoms with Crippen LogP contribution in [0.5, 0.6) is 0 Å². The molecule has 3 unspecified atom stereocenters. The van der Waals surface area contributed by atoms with Crippen LogP contribution in [0.15, 0.2) is 42.5 Å². The van der Waals surface area contributed by atoms with E-state index in [1.807, 2.05) is 30.1 Å². The molecule has 1 fully saturated rings. The molecule has 3 atom stereocenters. The van der Waals surface area contributed by atoms with Crippen molar-refractivity contribution in [2.24, 2.45) is 0 Å². The molecule has 0 spiro atoms. The molecule has 1 aliphatic rings. The highest BCUT2D eigenvalue weighted by Gasteiger charge is 2.32. The number of benzene rings is 1. The number of thiophene rings is 1. The van der Waals surface area contributed by atoms with E-state index in [2.05, 4.69) is 42.0 Å². The smallest absolute Gasteiger partial charge is 0.263 e. The summed E-state index contributed by atoms with van der Waals surface area (Å²) in [6.45, 7) is 2.64. The van der Waals surface area contributed by atoms with Crippen LogP contribution in [0.1, 0.15) is 39.5 Å². The van der Waals surface area contributed by atoms with Gasteiger partial charge >= 0.3 is 0 Å². The number of nitrogens with zero attached hydrogens (tertiary/aromatic N) is 1. The van der Waals surface area contributed by atoms with Crippen LogP contribution in [0, 0.1) is 0 Å². The summed E-state index contributed by atoms with van der Waals surface area (Å²) in [5.74, 6) is 0.0600. The molecule has 0 bridgehead atoms. The van der Waals surface area contributed by atoms with Crippen LogP contribution < -0.4 is 10.9 Å². The zero-order chi connectivity index (χ0) is 17.8. The third kappa shape index (κ3) is 4.10. The van der Waals surface area contributed by atoms with Gasteiger partial charge in [-0.25, -0.2) is 5.43 Å². The van der Waals surface area contributed by atoms with Crippen molar-refractivity contribution in [1.82, 2.24) is 15.8 Å². The predicted octanol–water partition coefficient (Wildman–Crippen LogP) is 2.96. The molecule has 1 aromatic carbocycles. The molecule has 1 aliphatic heterocycles. The van der Waals surface area contributed by atoms with Gasteiger partial charge in [0.05, 0.1) is 11.5 Å². The Morgan fingerprint density at radius 2 is 2.04 bits per heavy atom. The van der Waals surface area contributed by atoms with Crippen LogP contribution in [0.3, 0.4) is 0 Å². The van der Waals surface area contributed by atoms with Gasteiger partial charge in [0.25, 0.3) is 5.91 Å². The summed E-state index contributed by atoms with van der Waals surface area (Å²) in [6.07, 6.45) is 0.947. The zero-order valence-corrected chi connectivity index (χ0v) is 15.7. The van der Waals surface area contributed by atoms with E-state index in [1.54, 1.807) is 7.11 Å². The number of ether oxygens (including phenoxy) is 1. The zero-order valence-electron chi connectivity index (χ0n) is 14.9. The SMILES string of the molecule is COCc1ccc(C(=O)N(C)C(C)C2CC(c3ccccc3)NN2)s1. The van der Waals surface area contributed by atoms with E-state index in [4.69, 9.17) is 4.74 Å². The summed E-state index contributed by atoms with van der Waals surface area (Å²) in [6, 6.07) is 14.8. The topological polar surface area (TPSA) is 53.6 Å². The average Bonchev–Trinajstić information content (AvgIpc) is 3.31. The number of rotatable bonds is 6. The van der Waals surface area contributed by atoms with Crippen LogP contribution >= 0.6 is 11.3 Å². The number of methoxy groups -OCH3 is 1. The van der Waals surface area contributed by atoms with E-state index in [1.165, 1.54) is 16.9 Å². The summed E-state index contributed by atoms with van der Waals surface area (Å²) in [4.78, 5) is 16.4. The fraction of sp³-hybridized carbons (Fsp3) is 0.421. The van der Waals surface area contributed by atoms with Gasteiger partial charge < -0.3 is 9.64 Å². The van der Waals surface area contributed by atoms with Crippen LogP contribution in [0.2, 0.25) is 0 Å². The molecule has 25 heavy (non-hydrogen) atoms. The van der Waals surface area contributed by atoms with Crippen molar-refractivity contribution in [2.45, 2.75) is 38.1 Å². The maximum Gasteiger partial charge on any atom is 0.263 e. The number of carbonyl (C=O) groups excluding carboxylic acids is 1. The molecule has 3 rings (SSSR count). The van der Waals surface area contributed by atoms with Gasteiger partial charge in [0.1, 0.15) is 0 Å². The second-order valence-electron chi connectivity index (χ2n) is 6.45. The minimum Gasteiger partial charge on any atom is -0.379 e. The molecule has 2 N–H and O–H groups in total. The van der Waals surface area contributed by atoms with Gasteiger partial charge in [-0.1, -0.05) is 30.3 Å². The Kier molecular flexibility index (Phi) is 5.86. The van der Waals surface area contributed by atoms with Gasteiger partial charge in [0.2, 0.25) is 0 Å². The molecular formula is C19H25N3O2S. The lowest BCUT2D eigenvalue weighted by molar-refractivity contribution is 0.0720. The Morgan fingerprint density at radius 3 is 2.76 bits per heavy atom. The monoisotopic (exact) mass is 359 g/mol. The van der Waals surface area contributed by atoms with Crippen molar-refractivity contribution in [3.63, 3.8) is 0 Å². The Labute approximate surface area is 153 Å². The first-order valence-corrected chi connectivity index (χ1v) is 9.32. The first-order chi connectivity index (χ1) is 12.1. The number of hydrogen-bond acceptors (Lipinski definition) is 5. The third-order valence-corrected chi connectivity index (χ3v) is 5.85. The largest absolute Gasteiger partial charge is 0.379 e. The lowest BCUT2D eigenvalue weighted by Crippen LogP contribution is -2.48. The van der Waals surface area contributed by atoms with E-state index >= 15 is 0 Å². The van der Waals surface area contributed by atoms with Crippen molar-refractivity contribution in [1.29, 1.82) is 0 Å². The van der Waals surface area contributed by atoms with E-state index in [0.29, 0.717) is 6.61 Å². The van der Waals surface area contributed by atoms with E-state index < -0.39 is 0 Å². The predicted molar refractivity (Wildman–Crippen MR) is 100 cm³/mol. The summed E-state index contributed by atoms with van der Waals surface area (Å²) >= 11 is 1.50. The van der Waals surface area contributed by atoms with Crippen LogP contribution in [-0.4, -0.2) is 37.0 Å². The number of amides is 1. The van der Waals surface area contributed by atoms with E-state index in [0.717, 1.165) is 16.2 Å². The minimum absolute atomic E-state index is 0.0600. The first-order valence-electron chi connectivity index (χ1n) is 8.51. The lowest BCUT2D eigenvalue weighted by Gasteiger charge is -2.29. The Bertz CT molecular complexity index is 704. The standard InChI is InChI=1S/C19H25N3O2S/c1-13(16-11-17(21-20-16)14-7-5-4-6-8-14)22(2)19(23)18-10-9-15(25-18)12-24-3/h4-10,13,16-17,20-21H,11-12H2,1-3H3. The van der Waals surface area contributed by atoms with Crippen LogP contribution in [0.4, 0.5) is 0 Å². The molecule has 5 nitrogen and oxygen atoms in total. The normalized spacial score (nSPS) is 21.2. The molecule has 134 valence electrons. The first kappa shape index (κ1) is 18.1. The van der Waals surface area contributed by atoms with E-state index in [9.17, 15) is 4.79 Å². The Balaban J connectivity index is 1.62. The maximum absolute atomic E-state index is 12.8. The molecule has 1 amide bonds. The molecule has 1 aromatic heterocycles. The number of nitrogens with one attached hydrogen (secondary N) is 2. The second kappa shape index (κ2) is 8.10. The number of likely N-dealkylation sites (N-methyl/N-ethyl adjacent to an activating group) is 1. The molecule has 2 aromatic rings. The summed E-state index contributed by atoms with van der Waals surface area (Å²) in [5.41, 5.74) is 7.98. The third-order valence-electron chi connectivity index (χ3n) is 4.81. The second-order valence-corrected chi connectivity index (χ2v) is 7.62. The maximum atomic E-state index is 12.8. The summed E-state index contributed by atoms with van der Waals surface area (Å²) in [5, 5.41) is 0. The summed E-state index contributed by atoms with van der Waals surface area (Å²) in [7, 11) is 3.54. The van der Waals surface area contributed by atoms with Gasteiger partial charge in [-0.15, -0.1) is 11.3 Å². The van der Waals surface area contributed by atoms with Crippen molar-refractivity contribution < 1.29 is 9.53 Å². The summed E-state index contributed by atoms with van der Waals surface area (Å²) < 4.78 is 5.13. The van der Waals surface area contributed by atoms with Gasteiger partial charge in [0.15, 0.2) is 0 Å². The molecule has 0 saturated carbocycles. The highest BCUT2D eigenvalue weighted by molar-refractivity contribution is 7.14. The van der Waals surface area contributed by atoms with Gasteiger partial charge in [-0.3, -0.25) is 10.2 Å². The fourth-order valence-electron chi connectivity index (χ4n) is 3.14. The molecule has 6 heteroatoms. The van der Waals surface area contributed by atoms with Crippen LogP contribution in [0.25, 0.3) is 0 Å². The van der Waals surface area contributed by atoms with Crippen molar-refractivity contribution >= 4 is 17.2 Å². The Hall–Kier alpha value is -1.73. The molecular weight excluding hydrogens is 334 g/mol. The van der Waals surface area contributed by atoms with Crippen LogP contribution in [-0.2, 0) is 11.3 Å². The highest BCUT2D eigenvalue weighted by Crippen LogP contribution is 2.26. The minimum atomic E-state index is 0.0600. The molecule has 0 aliphatic carbocycles. The van der Waals surface area contributed by atoms with Gasteiger partial charge in [-0.05, 0) is 31.0 Å².